The summed E-state index contributed by atoms with van der Waals surface area (Å²) in [5.74, 6) is 0.0840. The molecular weight excluding hydrogens is 304 g/mol. The van der Waals surface area contributed by atoms with E-state index in [0.717, 1.165) is 22.3 Å². The largest absolute Gasteiger partial charge is 0.292 e. The van der Waals surface area contributed by atoms with E-state index < -0.39 is 0 Å². The number of aromatic nitrogens is 2. The number of rotatable bonds is 4. The van der Waals surface area contributed by atoms with E-state index in [1.807, 2.05) is 38.1 Å². The summed E-state index contributed by atoms with van der Waals surface area (Å²) in [5, 5.41) is 4.45. The quantitative estimate of drug-likeness (QED) is 0.805. The Bertz CT molecular complexity index is 599. The van der Waals surface area contributed by atoms with Crippen LogP contribution in [0.25, 0.3) is 0 Å². The number of Topliss-reactive ketones (excluding diaryl/α,β-unsaturated/α-hetero) is 1. The molecule has 4 heteroatoms. The first-order valence-electron chi connectivity index (χ1n) is 6.34. The van der Waals surface area contributed by atoms with Crippen LogP contribution in [0.5, 0.6) is 0 Å². The third-order valence-corrected chi connectivity index (χ3v) is 3.87. The summed E-state index contributed by atoms with van der Waals surface area (Å²) < 4.78 is 2.78. The fourth-order valence-electron chi connectivity index (χ4n) is 2.26. The predicted octanol–water partition coefficient (Wildman–Crippen LogP) is 3.71. The van der Waals surface area contributed by atoms with Gasteiger partial charge >= 0.3 is 0 Å². The minimum absolute atomic E-state index is 0.0840. The summed E-state index contributed by atoms with van der Waals surface area (Å²) in [6, 6.07) is 7.43. The van der Waals surface area contributed by atoms with Crippen molar-refractivity contribution in [2.24, 2.45) is 0 Å². The zero-order valence-corrected chi connectivity index (χ0v) is 13.0. The molecule has 19 heavy (non-hydrogen) atoms. The average Bonchev–Trinajstić information content (AvgIpc) is 2.64. The van der Waals surface area contributed by atoms with Gasteiger partial charge in [-0.05, 0) is 38.0 Å². The van der Waals surface area contributed by atoms with Gasteiger partial charge in [-0.15, -0.1) is 0 Å². The number of benzene rings is 1. The Labute approximate surface area is 121 Å². The van der Waals surface area contributed by atoms with E-state index in [4.69, 9.17) is 0 Å². The first-order valence-corrected chi connectivity index (χ1v) is 7.14. The molecule has 0 amide bonds. The lowest BCUT2D eigenvalue weighted by atomic mass is 10.1. The fraction of sp³-hybridized carbons (Fsp3) is 0.333. The van der Waals surface area contributed by atoms with Crippen LogP contribution in [0.2, 0.25) is 0 Å². The van der Waals surface area contributed by atoms with E-state index in [9.17, 15) is 4.79 Å². The maximum absolute atomic E-state index is 12.2. The molecule has 2 aromatic rings. The van der Waals surface area contributed by atoms with Gasteiger partial charge in [-0.3, -0.25) is 9.48 Å². The van der Waals surface area contributed by atoms with Gasteiger partial charge in [-0.2, -0.15) is 5.10 Å². The molecule has 0 spiro atoms. The summed E-state index contributed by atoms with van der Waals surface area (Å²) in [6.07, 6.45) is 0.949. The normalized spacial score (nSPS) is 10.7. The number of aryl methyl sites for hydroxylation is 1. The van der Waals surface area contributed by atoms with Crippen LogP contribution in [0, 0.1) is 13.8 Å². The smallest absolute Gasteiger partial charge is 0.184 e. The van der Waals surface area contributed by atoms with Crippen molar-refractivity contribution in [3.8, 4) is 0 Å². The second kappa shape index (κ2) is 5.70. The van der Waals surface area contributed by atoms with E-state index in [0.29, 0.717) is 12.1 Å². The summed E-state index contributed by atoms with van der Waals surface area (Å²) in [4.78, 5) is 12.2. The van der Waals surface area contributed by atoms with E-state index >= 15 is 0 Å². The Kier molecular flexibility index (Phi) is 4.20. The molecule has 0 unspecified atom stereocenters. The molecular formula is C15H17BrN2O. The van der Waals surface area contributed by atoms with E-state index in [2.05, 4.69) is 28.0 Å². The summed E-state index contributed by atoms with van der Waals surface area (Å²) >= 11 is 3.37. The predicted molar refractivity (Wildman–Crippen MR) is 79.6 cm³/mol. The van der Waals surface area contributed by atoms with Gasteiger partial charge in [0.15, 0.2) is 5.78 Å². The molecule has 1 aromatic heterocycles. The minimum atomic E-state index is 0.0840. The third kappa shape index (κ3) is 2.95. The number of carbonyl (C=O) groups is 1. The molecule has 0 saturated heterocycles. The second-order valence-electron chi connectivity index (χ2n) is 4.59. The number of hydrogen-bond donors (Lipinski definition) is 0. The highest BCUT2D eigenvalue weighted by molar-refractivity contribution is 9.10. The van der Waals surface area contributed by atoms with Gasteiger partial charge in [-0.1, -0.05) is 35.0 Å². The summed E-state index contributed by atoms with van der Waals surface area (Å²) in [5.41, 5.74) is 4.06. The van der Waals surface area contributed by atoms with Crippen LogP contribution in [0.15, 0.2) is 28.7 Å². The van der Waals surface area contributed by atoms with Crippen LogP contribution in [0.4, 0.5) is 0 Å². The van der Waals surface area contributed by atoms with E-state index in [1.54, 1.807) is 4.68 Å². The fourth-order valence-corrected chi connectivity index (χ4v) is 2.53. The highest BCUT2D eigenvalue weighted by atomic mass is 79.9. The lowest BCUT2D eigenvalue weighted by molar-refractivity contribution is 0.0966. The number of hydrogen-bond acceptors (Lipinski definition) is 2. The standard InChI is InChI=1S/C15H17BrN2O/c1-4-14-10(2)17-18(11(14)3)9-15(19)12-5-7-13(16)8-6-12/h5-8H,4,9H2,1-3H3. The molecule has 3 nitrogen and oxygen atoms in total. The van der Waals surface area contributed by atoms with Crippen LogP contribution in [0.1, 0.15) is 34.2 Å². The number of halogens is 1. The molecule has 2 rings (SSSR count). The summed E-state index contributed by atoms with van der Waals surface area (Å²) in [6.45, 7) is 6.42. The molecule has 0 aliphatic heterocycles. The topological polar surface area (TPSA) is 34.9 Å². The van der Waals surface area contributed by atoms with Crippen LogP contribution in [-0.2, 0) is 13.0 Å². The van der Waals surface area contributed by atoms with Gasteiger partial charge in [0.05, 0.1) is 5.69 Å². The molecule has 1 heterocycles. The Morgan fingerprint density at radius 1 is 1.26 bits per heavy atom. The zero-order valence-electron chi connectivity index (χ0n) is 11.4. The number of ketones is 1. The van der Waals surface area contributed by atoms with Gasteiger partial charge in [0, 0.05) is 15.7 Å². The highest BCUT2D eigenvalue weighted by Gasteiger charge is 2.13. The molecule has 0 aliphatic rings. The van der Waals surface area contributed by atoms with Crippen molar-refractivity contribution in [3.05, 3.63) is 51.3 Å². The SMILES string of the molecule is CCc1c(C)nn(CC(=O)c2ccc(Br)cc2)c1C. The van der Waals surface area contributed by atoms with Crippen LogP contribution >= 0.6 is 15.9 Å². The molecule has 1 aromatic carbocycles. The molecule has 0 saturated carbocycles. The maximum atomic E-state index is 12.2. The Morgan fingerprint density at radius 3 is 2.42 bits per heavy atom. The highest BCUT2D eigenvalue weighted by Crippen LogP contribution is 2.15. The molecule has 0 fully saturated rings. The molecule has 0 bridgehead atoms. The molecule has 0 atom stereocenters. The molecule has 0 radical (unpaired) electrons. The minimum Gasteiger partial charge on any atom is -0.292 e. The molecule has 0 N–H and O–H groups in total. The maximum Gasteiger partial charge on any atom is 0.184 e. The van der Waals surface area contributed by atoms with Crippen molar-refractivity contribution < 1.29 is 4.79 Å². The monoisotopic (exact) mass is 320 g/mol. The Balaban J connectivity index is 2.22. The van der Waals surface area contributed by atoms with Crippen molar-refractivity contribution in [2.45, 2.75) is 33.7 Å². The lowest BCUT2D eigenvalue weighted by Crippen LogP contribution is -2.13. The Morgan fingerprint density at radius 2 is 1.89 bits per heavy atom. The van der Waals surface area contributed by atoms with Crippen molar-refractivity contribution in [1.82, 2.24) is 9.78 Å². The Hall–Kier alpha value is -1.42. The van der Waals surface area contributed by atoms with E-state index in [-0.39, 0.29) is 5.78 Å². The first kappa shape index (κ1) is 14.0. The first-order chi connectivity index (χ1) is 9.02. The number of nitrogens with zero attached hydrogens (tertiary/aromatic N) is 2. The van der Waals surface area contributed by atoms with Crippen molar-refractivity contribution in [2.75, 3.05) is 0 Å². The molecule has 100 valence electrons. The molecule has 0 aliphatic carbocycles. The van der Waals surface area contributed by atoms with Crippen LogP contribution < -0.4 is 0 Å². The van der Waals surface area contributed by atoms with Crippen LogP contribution in [0.3, 0.4) is 0 Å². The second-order valence-corrected chi connectivity index (χ2v) is 5.51. The number of carbonyl (C=O) groups excluding carboxylic acids is 1. The van der Waals surface area contributed by atoms with Crippen molar-refractivity contribution >= 4 is 21.7 Å². The van der Waals surface area contributed by atoms with Gasteiger partial charge in [0.25, 0.3) is 0 Å². The van der Waals surface area contributed by atoms with Crippen LogP contribution in [-0.4, -0.2) is 15.6 Å². The average molecular weight is 321 g/mol. The van der Waals surface area contributed by atoms with Gasteiger partial charge in [0.1, 0.15) is 6.54 Å². The van der Waals surface area contributed by atoms with Gasteiger partial charge in [-0.25, -0.2) is 0 Å². The van der Waals surface area contributed by atoms with Crippen molar-refractivity contribution in [1.29, 1.82) is 0 Å². The zero-order chi connectivity index (χ0) is 14.0. The third-order valence-electron chi connectivity index (χ3n) is 3.34. The van der Waals surface area contributed by atoms with Gasteiger partial charge < -0.3 is 0 Å². The van der Waals surface area contributed by atoms with E-state index in [1.165, 1.54) is 5.56 Å². The summed E-state index contributed by atoms with van der Waals surface area (Å²) in [7, 11) is 0. The lowest BCUT2D eigenvalue weighted by Gasteiger charge is -2.05. The van der Waals surface area contributed by atoms with Gasteiger partial charge in [0.2, 0.25) is 0 Å². The van der Waals surface area contributed by atoms with Crippen molar-refractivity contribution in [3.63, 3.8) is 0 Å².